The van der Waals surface area contributed by atoms with E-state index in [-0.39, 0.29) is 0 Å². The van der Waals surface area contributed by atoms with Gasteiger partial charge in [0.05, 0.1) is 9.26 Å². The fourth-order valence-electron chi connectivity index (χ4n) is 1.14. The van der Waals surface area contributed by atoms with Crippen molar-refractivity contribution >= 4 is 38.5 Å². The SMILES string of the molecule is Cc1noc(-c2ccc(Br)cc2)c1I. The monoisotopic (exact) mass is 363 g/mol. The lowest BCUT2D eigenvalue weighted by Gasteiger charge is -1.96. The highest BCUT2D eigenvalue weighted by molar-refractivity contribution is 14.1. The number of halogens is 2. The van der Waals surface area contributed by atoms with Gasteiger partial charge in [0.1, 0.15) is 0 Å². The zero-order valence-corrected chi connectivity index (χ0v) is 11.2. The molecular weight excluding hydrogens is 357 g/mol. The molecule has 2 aromatic rings. The van der Waals surface area contributed by atoms with Crippen LogP contribution in [0.2, 0.25) is 0 Å². The molecule has 0 unspecified atom stereocenters. The van der Waals surface area contributed by atoms with Crippen molar-refractivity contribution in [2.45, 2.75) is 6.92 Å². The van der Waals surface area contributed by atoms with Crippen LogP contribution < -0.4 is 0 Å². The Labute approximate surface area is 104 Å². The number of hydrogen-bond acceptors (Lipinski definition) is 2. The lowest BCUT2D eigenvalue weighted by Crippen LogP contribution is -1.78. The average Bonchev–Trinajstić information content (AvgIpc) is 2.50. The topological polar surface area (TPSA) is 26.0 Å². The number of hydrogen-bond donors (Lipinski definition) is 0. The summed E-state index contributed by atoms with van der Waals surface area (Å²) in [5.41, 5.74) is 1.99. The van der Waals surface area contributed by atoms with E-state index in [2.05, 4.69) is 43.7 Å². The molecule has 0 fully saturated rings. The first-order valence-electron chi connectivity index (χ1n) is 4.06. The fraction of sp³-hybridized carbons (Fsp3) is 0.100. The molecule has 0 aliphatic carbocycles. The van der Waals surface area contributed by atoms with Crippen molar-refractivity contribution in [3.63, 3.8) is 0 Å². The van der Waals surface area contributed by atoms with E-state index in [0.717, 1.165) is 25.1 Å². The predicted octanol–water partition coefficient (Wildman–Crippen LogP) is 4.02. The van der Waals surface area contributed by atoms with Gasteiger partial charge in [0.25, 0.3) is 0 Å². The van der Waals surface area contributed by atoms with Crippen LogP contribution in [0.15, 0.2) is 33.3 Å². The van der Waals surface area contributed by atoms with Crippen molar-refractivity contribution in [3.05, 3.63) is 38.0 Å². The van der Waals surface area contributed by atoms with Gasteiger partial charge in [0.15, 0.2) is 5.76 Å². The molecular formula is C10H7BrINO. The van der Waals surface area contributed by atoms with E-state index in [1.54, 1.807) is 0 Å². The zero-order valence-electron chi connectivity index (χ0n) is 7.42. The largest absolute Gasteiger partial charge is 0.355 e. The van der Waals surface area contributed by atoms with Gasteiger partial charge in [0, 0.05) is 10.0 Å². The van der Waals surface area contributed by atoms with E-state index >= 15 is 0 Å². The molecule has 1 aromatic carbocycles. The van der Waals surface area contributed by atoms with Crippen molar-refractivity contribution in [2.75, 3.05) is 0 Å². The standard InChI is InChI=1S/C10H7BrINO/c1-6-9(12)10(14-13-6)7-2-4-8(11)5-3-7/h2-5H,1H3. The highest BCUT2D eigenvalue weighted by Crippen LogP contribution is 2.28. The molecule has 72 valence electrons. The first kappa shape index (κ1) is 10.2. The Hall–Kier alpha value is -0.360. The Bertz CT molecular complexity index is 450. The molecule has 2 nitrogen and oxygen atoms in total. The molecule has 0 saturated carbocycles. The molecule has 0 spiro atoms. The number of aromatic nitrogens is 1. The van der Waals surface area contributed by atoms with Crippen molar-refractivity contribution in [3.8, 4) is 11.3 Å². The number of benzene rings is 1. The summed E-state index contributed by atoms with van der Waals surface area (Å²) in [6.45, 7) is 1.94. The van der Waals surface area contributed by atoms with Gasteiger partial charge >= 0.3 is 0 Å². The number of nitrogens with zero attached hydrogens (tertiary/aromatic N) is 1. The molecule has 0 aliphatic rings. The maximum absolute atomic E-state index is 5.25. The predicted molar refractivity (Wildman–Crippen MR) is 67.1 cm³/mol. The molecule has 2 rings (SSSR count). The zero-order chi connectivity index (χ0) is 10.1. The number of rotatable bonds is 1. The van der Waals surface area contributed by atoms with E-state index in [1.165, 1.54) is 0 Å². The minimum Gasteiger partial charge on any atom is -0.355 e. The highest BCUT2D eigenvalue weighted by Gasteiger charge is 2.11. The van der Waals surface area contributed by atoms with E-state index in [4.69, 9.17) is 4.52 Å². The van der Waals surface area contributed by atoms with Crippen LogP contribution in [0.3, 0.4) is 0 Å². The minimum absolute atomic E-state index is 0.843. The van der Waals surface area contributed by atoms with Gasteiger partial charge < -0.3 is 4.52 Å². The lowest BCUT2D eigenvalue weighted by molar-refractivity contribution is 0.427. The second-order valence-corrected chi connectivity index (χ2v) is 4.91. The summed E-state index contributed by atoms with van der Waals surface area (Å²) in [5.74, 6) is 0.843. The van der Waals surface area contributed by atoms with Crippen LogP contribution >= 0.6 is 38.5 Å². The first-order chi connectivity index (χ1) is 6.68. The maximum atomic E-state index is 5.25. The summed E-state index contributed by atoms with van der Waals surface area (Å²) in [6.07, 6.45) is 0. The molecule has 1 aromatic heterocycles. The molecule has 0 atom stereocenters. The Morgan fingerprint density at radius 1 is 1.29 bits per heavy atom. The van der Waals surface area contributed by atoms with Crippen molar-refractivity contribution in [1.82, 2.24) is 5.16 Å². The van der Waals surface area contributed by atoms with Gasteiger partial charge in [-0.05, 0) is 53.8 Å². The van der Waals surface area contributed by atoms with Crippen LogP contribution in [0.4, 0.5) is 0 Å². The quantitative estimate of drug-likeness (QED) is 0.715. The molecule has 14 heavy (non-hydrogen) atoms. The molecule has 0 radical (unpaired) electrons. The summed E-state index contributed by atoms with van der Waals surface area (Å²) in [5, 5.41) is 3.92. The van der Waals surface area contributed by atoms with Crippen molar-refractivity contribution in [2.24, 2.45) is 0 Å². The Kier molecular flexibility index (Phi) is 2.92. The Morgan fingerprint density at radius 2 is 1.93 bits per heavy atom. The molecule has 0 bridgehead atoms. The second-order valence-electron chi connectivity index (χ2n) is 2.92. The third-order valence-corrected chi connectivity index (χ3v) is 3.70. The van der Waals surface area contributed by atoms with Gasteiger partial charge in [-0.1, -0.05) is 21.1 Å². The van der Waals surface area contributed by atoms with E-state index in [9.17, 15) is 0 Å². The third kappa shape index (κ3) is 1.86. The summed E-state index contributed by atoms with van der Waals surface area (Å²) in [4.78, 5) is 0. The normalized spacial score (nSPS) is 10.5. The summed E-state index contributed by atoms with van der Waals surface area (Å²) >= 11 is 5.64. The molecule has 0 amide bonds. The molecule has 4 heteroatoms. The van der Waals surface area contributed by atoms with Crippen molar-refractivity contribution in [1.29, 1.82) is 0 Å². The molecule has 0 N–H and O–H groups in total. The number of aryl methyl sites for hydroxylation is 1. The smallest absolute Gasteiger partial charge is 0.180 e. The molecule has 0 aliphatic heterocycles. The van der Waals surface area contributed by atoms with Gasteiger partial charge in [-0.15, -0.1) is 0 Å². The van der Waals surface area contributed by atoms with E-state index in [0.29, 0.717) is 0 Å². The van der Waals surface area contributed by atoms with Crippen LogP contribution in [-0.4, -0.2) is 5.16 Å². The lowest BCUT2D eigenvalue weighted by atomic mass is 10.2. The van der Waals surface area contributed by atoms with Crippen LogP contribution in [0.25, 0.3) is 11.3 Å². The van der Waals surface area contributed by atoms with Crippen LogP contribution in [-0.2, 0) is 0 Å². The van der Waals surface area contributed by atoms with Crippen LogP contribution in [0, 0.1) is 10.5 Å². The highest BCUT2D eigenvalue weighted by atomic mass is 127. The minimum atomic E-state index is 0.843. The van der Waals surface area contributed by atoms with Crippen LogP contribution in [0.1, 0.15) is 5.69 Å². The Balaban J connectivity index is 2.49. The first-order valence-corrected chi connectivity index (χ1v) is 5.93. The average molecular weight is 364 g/mol. The van der Waals surface area contributed by atoms with Crippen molar-refractivity contribution < 1.29 is 4.52 Å². The summed E-state index contributed by atoms with van der Waals surface area (Å²) in [7, 11) is 0. The second kappa shape index (κ2) is 4.02. The Morgan fingerprint density at radius 3 is 2.43 bits per heavy atom. The fourth-order valence-corrected chi connectivity index (χ4v) is 1.91. The van der Waals surface area contributed by atoms with Gasteiger partial charge in [-0.2, -0.15) is 0 Å². The van der Waals surface area contributed by atoms with E-state index < -0.39 is 0 Å². The summed E-state index contributed by atoms with van der Waals surface area (Å²) < 4.78 is 7.38. The van der Waals surface area contributed by atoms with E-state index in [1.807, 2.05) is 31.2 Å². The molecule has 0 saturated heterocycles. The maximum Gasteiger partial charge on any atom is 0.180 e. The van der Waals surface area contributed by atoms with Crippen LogP contribution in [0.5, 0.6) is 0 Å². The summed E-state index contributed by atoms with van der Waals surface area (Å²) in [6, 6.07) is 7.99. The van der Waals surface area contributed by atoms with Gasteiger partial charge in [0.2, 0.25) is 0 Å². The molecule has 1 heterocycles. The van der Waals surface area contributed by atoms with Gasteiger partial charge in [-0.3, -0.25) is 0 Å². The third-order valence-electron chi connectivity index (χ3n) is 1.90. The van der Waals surface area contributed by atoms with Gasteiger partial charge in [-0.25, -0.2) is 0 Å².